The minimum atomic E-state index is -3.41. The van der Waals surface area contributed by atoms with Crippen molar-refractivity contribution in [3.05, 3.63) is 22.8 Å². The highest BCUT2D eigenvalue weighted by Gasteiger charge is 2.30. The predicted octanol–water partition coefficient (Wildman–Crippen LogP) is 3.04. The van der Waals surface area contributed by atoms with Gasteiger partial charge in [-0.3, -0.25) is 0 Å². The van der Waals surface area contributed by atoms with Crippen LogP contribution in [0.25, 0.3) is 0 Å². The third-order valence-corrected chi connectivity index (χ3v) is 6.57. The second-order valence-electron chi connectivity index (χ2n) is 6.06. The molecule has 1 aliphatic heterocycles. The molecule has 0 saturated carbocycles. The van der Waals surface area contributed by atoms with Gasteiger partial charge in [0.15, 0.2) is 0 Å². The molecule has 0 unspecified atom stereocenters. The zero-order valence-corrected chi connectivity index (χ0v) is 14.4. The molecular weight excluding hydrogens is 286 g/mol. The molecule has 0 aromatic heterocycles. The lowest BCUT2D eigenvalue weighted by molar-refractivity contribution is 0.288. The SMILES string of the molecule is COc1c(C)cc(S(=O)(=O)N2CCC(C)CC2)c(C)c1C. The summed E-state index contributed by atoms with van der Waals surface area (Å²) < 4.78 is 32.8. The summed E-state index contributed by atoms with van der Waals surface area (Å²) in [5.41, 5.74) is 2.56. The number of nitrogens with zero attached hydrogens (tertiary/aromatic N) is 1. The van der Waals surface area contributed by atoms with Gasteiger partial charge in [-0.05, 0) is 62.3 Å². The van der Waals surface area contributed by atoms with Crippen molar-refractivity contribution in [3.63, 3.8) is 0 Å². The lowest BCUT2D eigenvalue weighted by atomic mass is 10.0. The maximum Gasteiger partial charge on any atom is 0.243 e. The Morgan fingerprint density at radius 1 is 1.14 bits per heavy atom. The Bertz CT molecular complexity index is 629. The van der Waals surface area contributed by atoms with E-state index < -0.39 is 10.0 Å². The van der Waals surface area contributed by atoms with Gasteiger partial charge in [0.25, 0.3) is 0 Å². The number of hydrogen-bond acceptors (Lipinski definition) is 3. The summed E-state index contributed by atoms with van der Waals surface area (Å²) in [5.74, 6) is 1.38. The van der Waals surface area contributed by atoms with Gasteiger partial charge < -0.3 is 4.74 Å². The number of ether oxygens (including phenoxy) is 1. The third-order valence-electron chi connectivity index (χ3n) is 4.54. The number of methoxy groups -OCH3 is 1. The molecular formula is C16H25NO3S. The molecule has 0 radical (unpaired) electrons. The molecule has 1 aromatic rings. The second-order valence-corrected chi connectivity index (χ2v) is 7.97. The first kappa shape index (κ1) is 16.3. The first-order valence-corrected chi connectivity index (χ1v) is 8.88. The summed E-state index contributed by atoms with van der Waals surface area (Å²) >= 11 is 0. The monoisotopic (exact) mass is 311 g/mol. The highest BCUT2D eigenvalue weighted by Crippen LogP contribution is 2.33. The molecule has 0 N–H and O–H groups in total. The smallest absolute Gasteiger partial charge is 0.243 e. The van der Waals surface area contributed by atoms with Crippen molar-refractivity contribution >= 4 is 10.0 Å². The van der Waals surface area contributed by atoms with Gasteiger partial charge in [0.05, 0.1) is 12.0 Å². The zero-order chi connectivity index (χ0) is 15.8. The van der Waals surface area contributed by atoms with Gasteiger partial charge in [0.2, 0.25) is 10.0 Å². The van der Waals surface area contributed by atoms with Crippen molar-refractivity contribution in [2.24, 2.45) is 5.92 Å². The fraction of sp³-hybridized carbons (Fsp3) is 0.625. The largest absolute Gasteiger partial charge is 0.496 e. The molecule has 1 aliphatic rings. The predicted molar refractivity (Wildman–Crippen MR) is 84.4 cm³/mol. The molecule has 0 spiro atoms. The van der Waals surface area contributed by atoms with Crippen molar-refractivity contribution in [1.29, 1.82) is 0 Å². The number of piperidine rings is 1. The van der Waals surface area contributed by atoms with Crippen LogP contribution < -0.4 is 4.74 Å². The quantitative estimate of drug-likeness (QED) is 0.862. The Morgan fingerprint density at radius 3 is 2.24 bits per heavy atom. The Labute approximate surface area is 128 Å². The van der Waals surface area contributed by atoms with Crippen LogP contribution >= 0.6 is 0 Å². The van der Waals surface area contributed by atoms with E-state index in [-0.39, 0.29) is 0 Å². The molecule has 21 heavy (non-hydrogen) atoms. The maximum absolute atomic E-state index is 12.9. The molecule has 1 fully saturated rings. The summed E-state index contributed by atoms with van der Waals surface area (Å²) in [6.07, 6.45) is 1.87. The second kappa shape index (κ2) is 5.97. The molecule has 0 amide bonds. The van der Waals surface area contributed by atoms with Crippen LogP contribution in [-0.4, -0.2) is 32.9 Å². The van der Waals surface area contributed by atoms with Gasteiger partial charge in [-0.2, -0.15) is 4.31 Å². The summed E-state index contributed by atoms with van der Waals surface area (Å²) in [5, 5.41) is 0. The van der Waals surface area contributed by atoms with Crippen LogP contribution in [0.15, 0.2) is 11.0 Å². The van der Waals surface area contributed by atoms with Crippen molar-refractivity contribution in [2.45, 2.75) is 45.4 Å². The Morgan fingerprint density at radius 2 is 1.71 bits per heavy atom. The Hall–Kier alpha value is -1.07. The van der Waals surface area contributed by atoms with E-state index in [0.29, 0.717) is 23.9 Å². The first-order valence-electron chi connectivity index (χ1n) is 7.44. The van der Waals surface area contributed by atoms with E-state index in [1.807, 2.05) is 20.8 Å². The highest BCUT2D eigenvalue weighted by molar-refractivity contribution is 7.89. The molecule has 1 aromatic carbocycles. The molecule has 1 saturated heterocycles. The van der Waals surface area contributed by atoms with Gasteiger partial charge in [-0.25, -0.2) is 8.42 Å². The van der Waals surface area contributed by atoms with E-state index in [2.05, 4.69) is 6.92 Å². The first-order chi connectivity index (χ1) is 9.78. The van der Waals surface area contributed by atoms with E-state index in [9.17, 15) is 8.42 Å². The molecule has 0 bridgehead atoms. The summed E-state index contributed by atoms with van der Waals surface area (Å²) in [6.45, 7) is 9.08. The molecule has 1 heterocycles. The van der Waals surface area contributed by atoms with Crippen LogP contribution in [0.4, 0.5) is 0 Å². The fourth-order valence-electron chi connectivity index (χ4n) is 2.97. The van der Waals surface area contributed by atoms with Crippen molar-refractivity contribution < 1.29 is 13.2 Å². The van der Waals surface area contributed by atoms with Crippen LogP contribution in [0.3, 0.4) is 0 Å². The Kier molecular flexibility index (Phi) is 4.63. The standard InChI is InChI=1S/C16H25NO3S/c1-11-6-8-17(9-7-11)21(18,19)15-10-12(2)16(20-5)14(4)13(15)3/h10-11H,6-9H2,1-5H3. The van der Waals surface area contributed by atoms with Crippen LogP contribution in [0.1, 0.15) is 36.5 Å². The van der Waals surface area contributed by atoms with Gasteiger partial charge >= 0.3 is 0 Å². The minimum absolute atomic E-state index is 0.424. The molecule has 118 valence electrons. The number of benzene rings is 1. The summed E-state index contributed by atoms with van der Waals surface area (Å²) in [6, 6.07) is 1.74. The van der Waals surface area contributed by atoms with E-state index in [4.69, 9.17) is 4.74 Å². The maximum atomic E-state index is 12.9. The zero-order valence-electron chi connectivity index (χ0n) is 13.6. The summed E-state index contributed by atoms with van der Waals surface area (Å²) in [4.78, 5) is 0.424. The number of rotatable bonds is 3. The van der Waals surface area contributed by atoms with Gasteiger partial charge in [-0.15, -0.1) is 0 Å². The molecule has 0 aliphatic carbocycles. The molecule has 2 rings (SSSR count). The lowest BCUT2D eigenvalue weighted by Crippen LogP contribution is -2.38. The van der Waals surface area contributed by atoms with Crippen LogP contribution in [0.5, 0.6) is 5.75 Å². The van der Waals surface area contributed by atoms with Crippen molar-refractivity contribution in [2.75, 3.05) is 20.2 Å². The van der Waals surface area contributed by atoms with Gasteiger partial charge in [-0.1, -0.05) is 6.92 Å². The average molecular weight is 311 g/mol. The third kappa shape index (κ3) is 2.94. The molecule has 0 atom stereocenters. The van der Waals surface area contributed by atoms with Crippen molar-refractivity contribution in [1.82, 2.24) is 4.31 Å². The van der Waals surface area contributed by atoms with Crippen LogP contribution in [0, 0.1) is 26.7 Å². The van der Waals surface area contributed by atoms with Crippen LogP contribution in [-0.2, 0) is 10.0 Å². The Balaban J connectivity index is 2.46. The number of hydrogen-bond donors (Lipinski definition) is 0. The van der Waals surface area contributed by atoms with Gasteiger partial charge in [0.1, 0.15) is 5.75 Å². The highest BCUT2D eigenvalue weighted by atomic mass is 32.2. The van der Waals surface area contributed by atoms with E-state index >= 15 is 0 Å². The fourth-order valence-corrected chi connectivity index (χ4v) is 4.80. The van der Waals surface area contributed by atoms with Crippen LogP contribution in [0.2, 0.25) is 0 Å². The van der Waals surface area contributed by atoms with Gasteiger partial charge in [0, 0.05) is 13.1 Å². The van der Waals surface area contributed by atoms with E-state index in [1.165, 1.54) is 0 Å². The number of aryl methyl sites for hydroxylation is 1. The molecule has 4 nitrogen and oxygen atoms in total. The molecule has 5 heteroatoms. The topological polar surface area (TPSA) is 46.6 Å². The van der Waals surface area contributed by atoms with Crippen molar-refractivity contribution in [3.8, 4) is 5.75 Å². The summed E-state index contributed by atoms with van der Waals surface area (Å²) in [7, 11) is -1.79. The van der Waals surface area contributed by atoms with E-state index in [0.717, 1.165) is 35.3 Å². The minimum Gasteiger partial charge on any atom is -0.496 e. The lowest BCUT2D eigenvalue weighted by Gasteiger charge is -2.30. The average Bonchev–Trinajstić information content (AvgIpc) is 2.43. The number of sulfonamides is 1. The normalized spacial score (nSPS) is 18.0. The van der Waals surface area contributed by atoms with E-state index in [1.54, 1.807) is 17.5 Å².